The van der Waals surface area contributed by atoms with E-state index in [4.69, 9.17) is 14.2 Å². The fourth-order valence-electron chi connectivity index (χ4n) is 4.13. The molecule has 0 saturated heterocycles. The number of rotatable bonds is 7. The van der Waals surface area contributed by atoms with Gasteiger partial charge in [0.25, 0.3) is 0 Å². The van der Waals surface area contributed by atoms with Gasteiger partial charge in [-0.1, -0.05) is 19.3 Å². The summed E-state index contributed by atoms with van der Waals surface area (Å²) in [6.45, 7) is 0. The molecule has 1 aliphatic rings. The summed E-state index contributed by atoms with van der Waals surface area (Å²) in [5, 5.41) is 16.5. The minimum atomic E-state index is -0.374. The quantitative estimate of drug-likeness (QED) is 0.632. The highest BCUT2D eigenvalue weighted by molar-refractivity contribution is 5.56. The van der Waals surface area contributed by atoms with Crippen molar-refractivity contribution in [2.45, 2.75) is 37.6 Å². The van der Waals surface area contributed by atoms with Gasteiger partial charge in [-0.3, -0.25) is 0 Å². The average molecular weight is 409 g/mol. The molecule has 1 aromatic heterocycles. The van der Waals surface area contributed by atoms with Gasteiger partial charge in [-0.25, -0.2) is 0 Å². The lowest BCUT2D eigenvalue weighted by Gasteiger charge is -2.37. The second-order valence-corrected chi connectivity index (χ2v) is 7.45. The molecule has 1 N–H and O–H groups in total. The molecule has 1 saturated carbocycles. The van der Waals surface area contributed by atoms with Gasteiger partial charge >= 0.3 is 0 Å². The molecule has 0 atom stereocenters. The second kappa shape index (κ2) is 8.61. The van der Waals surface area contributed by atoms with Crippen LogP contribution >= 0.6 is 0 Å². The molecule has 0 unspecified atom stereocenters. The lowest BCUT2D eigenvalue weighted by molar-refractivity contribution is 0.309. The van der Waals surface area contributed by atoms with Crippen LogP contribution in [0.25, 0.3) is 5.69 Å². The molecule has 0 spiro atoms. The van der Waals surface area contributed by atoms with Gasteiger partial charge < -0.3 is 19.5 Å². The number of aromatic nitrogens is 4. The Balaban J connectivity index is 1.72. The van der Waals surface area contributed by atoms with Gasteiger partial charge in [-0.15, -0.1) is 5.10 Å². The molecule has 0 radical (unpaired) electrons. The van der Waals surface area contributed by atoms with Gasteiger partial charge in [-0.2, -0.15) is 4.68 Å². The van der Waals surface area contributed by atoms with Crippen molar-refractivity contribution in [1.82, 2.24) is 20.2 Å². The molecule has 30 heavy (non-hydrogen) atoms. The zero-order valence-electron chi connectivity index (χ0n) is 17.6. The van der Waals surface area contributed by atoms with Crippen molar-refractivity contribution in [2.75, 3.05) is 26.6 Å². The number of nitrogens with zero attached hydrogens (tertiary/aromatic N) is 4. The number of hydrogen-bond donors (Lipinski definition) is 1. The van der Waals surface area contributed by atoms with E-state index < -0.39 is 0 Å². The van der Waals surface area contributed by atoms with Crippen molar-refractivity contribution < 1.29 is 14.2 Å². The molecule has 1 heterocycles. The summed E-state index contributed by atoms with van der Waals surface area (Å²) in [4.78, 5) is 0. The number of methoxy groups -OCH3 is 3. The van der Waals surface area contributed by atoms with E-state index in [-0.39, 0.29) is 5.54 Å². The smallest absolute Gasteiger partial charge is 0.181 e. The first-order valence-electron chi connectivity index (χ1n) is 10.1. The molecule has 8 nitrogen and oxygen atoms in total. The Bertz CT molecular complexity index is 981. The predicted molar refractivity (Wildman–Crippen MR) is 114 cm³/mol. The number of tetrazole rings is 1. The number of hydrogen-bond acceptors (Lipinski definition) is 7. The molecule has 158 valence electrons. The van der Waals surface area contributed by atoms with Crippen molar-refractivity contribution in [1.29, 1.82) is 0 Å². The minimum absolute atomic E-state index is 0.374. The number of anilines is 1. The van der Waals surface area contributed by atoms with Gasteiger partial charge in [0.05, 0.1) is 32.6 Å². The number of nitrogens with one attached hydrogen (secondary N) is 1. The summed E-state index contributed by atoms with van der Waals surface area (Å²) in [7, 11) is 4.93. The van der Waals surface area contributed by atoms with Crippen LogP contribution in [-0.4, -0.2) is 41.5 Å². The maximum Gasteiger partial charge on any atom is 0.181 e. The summed E-state index contributed by atoms with van der Waals surface area (Å²) < 4.78 is 18.0. The van der Waals surface area contributed by atoms with Crippen LogP contribution in [0.1, 0.15) is 37.9 Å². The first kappa shape index (κ1) is 20.0. The Labute approximate surface area is 176 Å². The first-order chi connectivity index (χ1) is 14.7. The number of ether oxygens (including phenoxy) is 3. The van der Waals surface area contributed by atoms with E-state index in [9.17, 15) is 0 Å². The van der Waals surface area contributed by atoms with E-state index in [1.165, 1.54) is 6.42 Å². The van der Waals surface area contributed by atoms with E-state index in [2.05, 4.69) is 20.8 Å². The van der Waals surface area contributed by atoms with Crippen molar-refractivity contribution in [3.63, 3.8) is 0 Å². The Hall–Kier alpha value is -3.29. The molecule has 1 fully saturated rings. The molecule has 0 aliphatic heterocycles. The third kappa shape index (κ3) is 3.77. The average Bonchev–Trinajstić information content (AvgIpc) is 3.30. The van der Waals surface area contributed by atoms with E-state index in [0.717, 1.165) is 48.6 Å². The van der Waals surface area contributed by atoms with Crippen molar-refractivity contribution in [3.8, 4) is 22.9 Å². The van der Waals surface area contributed by atoms with Crippen LogP contribution in [0.2, 0.25) is 0 Å². The first-order valence-corrected chi connectivity index (χ1v) is 10.1. The van der Waals surface area contributed by atoms with Gasteiger partial charge in [0, 0.05) is 11.8 Å². The summed E-state index contributed by atoms with van der Waals surface area (Å²) in [5.74, 6) is 2.98. The van der Waals surface area contributed by atoms with Gasteiger partial charge in [0.15, 0.2) is 17.3 Å². The van der Waals surface area contributed by atoms with Crippen LogP contribution in [0.3, 0.4) is 0 Å². The normalized spacial score (nSPS) is 15.4. The molecule has 2 aromatic carbocycles. The van der Waals surface area contributed by atoms with Crippen molar-refractivity contribution in [2.24, 2.45) is 0 Å². The van der Waals surface area contributed by atoms with E-state index in [0.29, 0.717) is 11.5 Å². The van der Waals surface area contributed by atoms with Crippen molar-refractivity contribution in [3.05, 3.63) is 48.3 Å². The second-order valence-electron chi connectivity index (χ2n) is 7.45. The molecule has 0 amide bonds. The van der Waals surface area contributed by atoms with Gasteiger partial charge in [0.1, 0.15) is 5.75 Å². The van der Waals surface area contributed by atoms with E-state index in [1.807, 2.05) is 47.1 Å². The maximum absolute atomic E-state index is 5.48. The van der Waals surface area contributed by atoms with E-state index >= 15 is 0 Å². The largest absolute Gasteiger partial charge is 0.497 e. The van der Waals surface area contributed by atoms with Crippen LogP contribution in [0.4, 0.5) is 5.69 Å². The highest BCUT2D eigenvalue weighted by Crippen LogP contribution is 2.41. The predicted octanol–water partition coefficient (Wildman–Crippen LogP) is 3.96. The highest BCUT2D eigenvalue weighted by Gasteiger charge is 2.39. The SMILES string of the molecule is COc1ccc(-n2nnnc2C2(Nc3ccc(OC)c(OC)c3)CCCCC2)cc1. The van der Waals surface area contributed by atoms with Gasteiger partial charge in [-0.05, 0) is 59.7 Å². The third-order valence-electron chi connectivity index (χ3n) is 5.69. The molecule has 4 rings (SSSR count). The maximum atomic E-state index is 5.48. The van der Waals surface area contributed by atoms with Crippen LogP contribution in [0, 0.1) is 0 Å². The molecule has 0 bridgehead atoms. The highest BCUT2D eigenvalue weighted by atomic mass is 16.5. The topological polar surface area (TPSA) is 83.3 Å². The lowest BCUT2D eigenvalue weighted by atomic mass is 9.80. The summed E-state index contributed by atoms with van der Waals surface area (Å²) in [5.41, 5.74) is 1.47. The Morgan fingerprint density at radius 1 is 0.867 bits per heavy atom. The Kier molecular flexibility index (Phi) is 5.74. The van der Waals surface area contributed by atoms with Crippen LogP contribution in [0.5, 0.6) is 17.2 Å². The molecule has 3 aromatic rings. The fraction of sp³-hybridized carbons (Fsp3) is 0.409. The zero-order valence-corrected chi connectivity index (χ0v) is 17.6. The molecular weight excluding hydrogens is 382 g/mol. The summed E-state index contributed by atoms with van der Waals surface area (Å²) >= 11 is 0. The van der Waals surface area contributed by atoms with Crippen LogP contribution in [0.15, 0.2) is 42.5 Å². The van der Waals surface area contributed by atoms with Gasteiger partial charge in [0.2, 0.25) is 0 Å². The fourth-order valence-corrected chi connectivity index (χ4v) is 4.13. The summed E-state index contributed by atoms with van der Waals surface area (Å²) in [6.07, 6.45) is 5.31. The Morgan fingerprint density at radius 3 is 2.27 bits per heavy atom. The van der Waals surface area contributed by atoms with Crippen molar-refractivity contribution >= 4 is 5.69 Å². The van der Waals surface area contributed by atoms with E-state index in [1.54, 1.807) is 21.3 Å². The summed E-state index contributed by atoms with van der Waals surface area (Å²) in [6, 6.07) is 13.6. The lowest BCUT2D eigenvalue weighted by Crippen LogP contribution is -2.40. The molecular formula is C22H27N5O3. The number of benzene rings is 2. The monoisotopic (exact) mass is 409 g/mol. The molecule has 1 aliphatic carbocycles. The Morgan fingerprint density at radius 2 is 1.60 bits per heavy atom. The zero-order chi connectivity index (χ0) is 21.0. The third-order valence-corrected chi connectivity index (χ3v) is 5.69. The van der Waals surface area contributed by atoms with Crippen LogP contribution in [-0.2, 0) is 5.54 Å². The molecule has 8 heteroatoms. The standard InChI is InChI=1S/C22H27N5O3/c1-28-18-10-8-17(9-11-18)27-21(24-25-26-27)22(13-5-4-6-14-22)23-16-7-12-19(29-2)20(15-16)30-3/h7-12,15,23H,4-6,13-14H2,1-3H3. The minimum Gasteiger partial charge on any atom is -0.497 e. The van der Waals surface area contributed by atoms with Crippen LogP contribution < -0.4 is 19.5 Å².